The molecule has 0 atom stereocenters. The fourth-order valence-corrected chi connectivity index (χ4v) is 4.19. The highest BCUT2D eigenvalue weighted by Crippen LogP contribution is 2.32. The van der Waals surface area contributed by atoms with Gasteiger partial charge in [-0.3, -0.25) is 0 Å². The van der Waals surface area contributed by atoms with Crippen molar-refractivity contribution >= 4 is 21.5 Å². The quantitative estimate of drug-likeness (QED) is 0.578. The number of nitrogens with one attached hydrogen (secondary N) is 2. The molecule has 0 aliphatic heterocycles. The second-order valence-electron chi connectivity index (χ2n) is 7.32. The molecule has 0 heterocycles. The third-order valence-electron chi connectivity index (χ3n) is 6.01. The van der Waals surface area contributed by atoms with Gasteiger partial charge < -0.3 is 9.80 Å². The molecule has 0 aromatic heterocycles. The zero-order valence-electron chi connectivity index (χ0n) is 16.9. The average molecular weight is 351 g/mol. The van der Waals surface area contributed by atoms with E-state index in [9.17, 15) is 0 Å². The van der Waals surface area contributed by atoms with Gasteiger partial charge in [0.15, 0.2) is 0 Å². The van der Waals surface area contributed by atoms with E-state index in [-0.39, 0.29) is 0 Å². The number of fused-ring (bicyclic) bond motifs is 2. The van der Waals surface area contributed by atoms with Crippen LogP contribution >= 0.6 is 0 Å². The highest BCUT2D eigenvalue weighted by atomic mass is 15.1. The Morgan fingerprint density at radius 1 is 0.500 bits per heavy atom. The lowest BCUT2D eigenvalue weighted by Gasteiger charge is -2.22. The standard InChI is InChI=1S/C24H32N2/c1-5-25(6-2)17-23-19-13-9-11-15-21(19)24(18-26(7-3)8-4)22-16-12-10-14-20(22)23/h9-16H,5-8,17-18H2,1-4H3/p+2. The fraction of sp³-hybridized carbons (Fsp3) is 0.417. The number of hydrogen-bond donors (Lipinski definition) is 2. The molecule has 2 heteroatoms. The third kappa shape index (κ3) is 3.62. The predicted molar refractivity (Wildman–Crippen MR) is 113 cm³/mol. The Morgan fingerprint density at radius 3 is 1.00 bits per heavy atom. The molecule has 0 radical (unpaired) electrons. The SMILES string of the molecule is CC[NH+](CC)Cc1c2ccccc2c(C[NH+](CC)CC)c2ccccc12. The minimum Gasteiger partial charge on any atom is -0.332 e. The van der Waals surface area contributed by atoms with Crippen molar-refractivity contribution in [2.75, 3.05) is 26.2 Å². The summed E-state index contributed by atoms with van der Waals surface area (Å²) >= 11 is 0. The summed E-state index contributed by atoms with van der Waals surface area (Å²) < 4.78 is 0. The van der Waals surface area contributed by atoms with Crippen LogP contribution in [0.1, 0.15) is 38.8 Å². The van der Waals surface area contributed by atoms with Crippen molar-refractivity contribution in [3.05, 3.63) is 59.7 Å². The first-order valence-corrected chi connectivity index (χ1v) is 10.3. The minimum atomic E-state index is 1.10. The van der Waals surface area contributed by atoms with Crippen LogP contribution in [0.25, 0.3) is 21.5 Å². The molecule has 0 aliphatic carbocycles. The largest absolute Gasteiger partial charge is 0.332 e. The lowest BCUT2D eigenvalue weighted by Crippen LogP contribution is -3.10. The first kappa shape index (κ1) is 18.9. The van der Waals surface area contributed by atoms with Gasteiger partial charge in [-0.1, -0.05) is 48.5 Å². The van der Waals surface area contributed by atoms with E-state index in [1.54, 1.807) is 9.80 Å². The second-order valence-corrected chi connectivity index (χ2v) is 7.32. The lowest BCUT2D eigenvalue weighted by molar-refractivity contribution is -0.910. The Hall–Kier alpha value is -1.90. The smallest absolute Gasteiger partial charge is 0.104 e. The molecular weight excluding hydrogens is 316 g/mol. The maximum atomic E-state index is 2.33. The Labute approximate surface area is 158 Å². The molecule has 26 heavy (non-hydrogen) atoms. The van der Waals surface area contributed by atoms with Crippen molar-refractivity contribution < 1.29 is 9.80 Å². The van der Waals surface area contributed by atoms with Gasteiger partial charge in [0.25, 0.3) is 0 Å². The van der Waals surface area contributed by atoms with E-state index in [1.807, 2.05) is 0 Å². The minimum absolute atomic E-state index is 1.10. The first-order chi connectivity index (χ1) is 12.7. The molecule has 2 N–H and O–H groups in total. The van der Waals surface area contributed by atoms with E-state index in [2.05, 4.69) is 76.2 Å². The van der Waals surface area contributed by atoms with Crippen LogP contribution in [0, 0.1) is 0 Å². The van der Waals surface area contributed by atoms with Gasteiger partial charge in [-0.25, -0.2) is 0 Å². The summed E-state index contributed by atoms with van der Waals surface area (Å²) in [4.78, 5) is 3.28. The molecule has 3 rings (SSSR count). The summed E-state index contributed by atoms with van der Waals surface area (Å²) in [5.74, 6) is 0. The molecule has 2 nitrogen and oxygen atoms in total. The molecular formula is C24H34N2+2. The van der Waals surface area contributed by atoms with Crippen LogP contribution in [-0.2, 0) is 13.1 Å². The van der Waals surface area contributed by atoms with Gasteiger partial charge in [0.1, 0.15) is 13.1 Å². The predicted octanol–water partition coefficient (Wildman–Crippen LogP) is 2.84. The number of rotatable bonds is 8. The highest BCUT2D eigenvalue weighted by molar-refractivity contribution is 6.05. The van der Waals surface area contributed by atoms with Gasteiger partial charge in [0.05, 0.1) is 26.2 Å². The molecule has 138 valence electrons. The van der Waals surface area contributed by atoms with Crippen molar-refractivity contribution in [1.29, 1.82) is 0 Å². The number of benzene rings is 3. The first-order valence-electron chi connectivity index (χ1n) is 10.3. The van der Waals surface area contributed by atoms with E-state index >= 15 is 0 Å². The second kappa shape index (κ2) is 8.66. The van der Waals surface area contributed by atoms with Crippen LogP contribution in [0.15, 0.2) is 48.5 Å². The van der Waals surface area contributed by atoms with Gasteiger partial charge in [0.2, 0.25) is 0 Å². The van der Waals surface area contributed by atoms with Crippen molar-refractivity contribution in [3.63, 3.8) is 0 Å². The van der Waals surface area contributed by atoms with Crippen molar-refractivity contribution in [2.45, 2.75) is 40.8 Å². The summed E-state index contributed by atoms with van der Waals surface area (Å²) in [6, 6.07) is 18.1. The summed E-state index contributed by atoms with van der Waals surface area (Å²) in [5, 5.41) is 5.80. The van der Waals surface area contributed by atoms with E-state index < -0.39 is 0 Å². The van der Waals surface area contributed by atoms with Gasteiger partial charge in [-0.15, -0.1) is 0 Å². The van der Waals surface area contributed by atoms with Crippen LogP contribution in [0.3, 0.4) is 0 Å². The van der Waals surface area contributed by atoms with E-state index in [1.165, 1.54) is 58.9 Å². The molecule has 0 saturated carbocycles. The lowest BCUT2D eigenvalue weighted by atomic mass is 9.91. The topological polar surface area (TPSA) is 8.88 Å². The molecule has 0 saturated heterocycles. The molecule has 3 aromatic rings. The van der Waals surface area contributed by atoms with Crippen LogP contribution in [0.4, 0.5) is 0 Å². The molecule has 0 fully saturated rings. The van der Waals surface area contributed by atoms with Crippen molar-refractivity contribution in [1.82, 2.24) is 0 Å². The number of hydrogen-bond acceptors (Lipinski definition) is 0. The molecule has 0 bridgehead atoms. The summed E-state index contributed by atoms with van der Waals surface area (Å²) in [6.45, 7) is 16.1. The van der Waals surface area contributed by atoms with Gasteiger partial charge in [-0.05, 0) is 49.2 Å². The van der Waals surface area contributed by atoms with Gasteiger partial charge >= 0.3 is 0 Å². The zero-order chi connectivity index (χ0) is 18.5. The number of quaternary nitrogens is 2. The maximum Gasteiger partial charge on any atom is 0.104 e. The van der Waals surface area contributed by atoms with Gasteiger partial charge in [-0.2, -0.15) is 0 Å². The fourth-order valence-electron chi connectivity index (χ4n) is 4.19. The van der Waals surface area contributed by atoms with E-state index in [0.717, 1.165) is 13.1 Å². The van der Waals surface area contributed by atoms with Gasteiger partial charge in [0, 0.05) is 11.1 Å². The Bertz CT molecular complexity index is 732. The third-order valence-corrected chi connectivity index (χ3v) is 6.01. The summed E-state index contributed by atoms with van der Waals surface area (Å²) in [7, 11) is 0. The average Bonchev–Trinajstić information content (AvgIpc) is 2.70. The van der Waals surface area contributed by atoms with Crippen molar-refractivity contribution in [2.24, 2.45) is 0 Å². The molecule has 0 unspecified atom stereocenters. The monoisotopic (exact) mass is 350 g/mol. The maximum absolute atomic E-state index is 2.33. The summed E-state index contributed by atoms with van der Waals surface area (Å²) in [6.07, 6.45) is 0. The molecule has 0 amide bonds. The Kier molecular flexibility index (Phi) is 6.29. The van der Waals surface area contributed by atoms with Crippen LogP contribution < -0.4 is 9.80 Å². The van der Waals surface area contributed by atoms with Crippen LogP contribution in [0.5, 0.6) is 0 Å². The van der Waals surface area contributed by atoms with E-state index in [4.69, 9.17) is 0 Å². The normalized spacial score (nSPS) is 11.9. The molecule has 3 aromatic carbocycles. The summed E-state index contributed by atoms with van der Waals surface area (Å²) in [5.41, 5.74) is 3.04. The molecule has 0 aliphatic rings. The zero-order valence-corrected chi connectivity index (χ0v) is 16.9. The van der Waals surface area contributed by atoms with E-state index in [0.29, 0.717) is 0 Å². The Morgan fingerprint density at radius 2 is 0.769 bits per heavy atom. The molecule has 0 spiro atoms. The van der Waals surface area contributed by atoms with Crippen LogP contribution in [-0.4, -0.2) is 26.2 Å². The van der Waals surface area contributed by atoms with Crippen molar-refractivity contribution in [3.8, 4) is 0 Å². The Balaban J connectivity index is 2.28. The highest BCUT2D eigenvalue weighted by Gasteiger charge is 2.18. The van der Waals surface area contributed by atoms with Crippen LogP contribution in [0.2, 0.25) is 0 Å².